The Balaban J connectivity index is 2.21. The van der Waals surface area contributed by atoms with Gasteiger partial charge in [0, 0.05) is 11.8 Å². The first-order chi connectivity index (χ1) is 8.08. The summed E-state index contributed by atoms with van der Waals surface area (Å²) >= 11 is 4.57. The lowest BCUT2D eigenvalue weighted by atomic mass is 10.1. The van der Waals surface area contributed by atoms with E-state index in [2.05, 4.69) is 20.9 Å². The minimum Gasteiger partial charge on any atom is -0.292 e. The summed E-state index contributed by atoms with van der Waals surface area (Å²) in [4.78, 5) is 16.0. The second kappa shape index (κ2) is 5.06. The maximum absolute atomic E-state index is 13.3. The van der Waals surface area contributed by atoms with Crippen LogP contribution in [0, 0.1) is 12.7 Å². The zero-order valence-electron chi connectivity index (χ0n) is 9.04. The smallest absolute Gasteiger partial charge is 0.186 e. The van der Waals surface area contributed by atoms with Gasteiger partial charge < -0.3 is 0 Å². The van der Waals surface area contributed by atoms with Gasteiger partial charge in [-0.2, -0.15) is 0 Å². The Morgan fingerprint density at radius 3 is 2.94 bits per heavy atom. The SMILES string of the molecule is Cc1nc(C(=O)Cc2cccc(F)c2Br)cs1. The number of rotatable bonds is 3. The Morgan fingerprint density at radius 2 is 2.29 bits per heavy atom. The van der Waals surface area contributed by atoms with Crippen LogP contribution in [0.2, 0.25) is 0 Å². The highest BCUT2D eigenvalue weighted by Crippen LogP contribution is 2.22. The van der Waals surface area contributed by atoms with Gasteiger partial charge in [-0.1, -0.05) is 12.1 Å². The van der Waals surface area contributed by atoms with Gasteiger partial charge in [-0.3, -0.25) is 4.79 Å². The lowest BCUT2D eigenvalue weighted by Crippen LogP contribution is -2.05. The van der Waals surface area contributed by atoms with E-state index in [9.17, 15) is 9.18 Å². The van der Waals surface area contributed by atoms with Crippen LogP contribution in [-0.4, -0.2) is 10.8 Å². The van der Waals surface area contributed by atoms with Crippen LogP contribution in [-0.2, 0) is 6.42 Å². The molecule has 0 saturated heterocycles. The molecule has 0 amide bonds. The molecule has 88 valence electrons. The number of Topliss-reactive ketones (excluding diaryl/α,β-unsaturated/α-hetero) is 1. The van der Waals surface area contributed by atoms with Crippen LogP contribution >= 0.6 is 27.3 Å². The predicted molar refractivity (Wildman–Crippen MR) is 69.0 cm³/mol. The lowest BCUT2D eigenvalue weighted by molar-refractivity contribution is 0.0988. The van der Waals surface area contributed by atoms with Crippen molar-refractivity contribution >= 4 is 33.0 Å². The number of hydrogen-bond donors (Lipinski definition) is 0. The highest BCUT2D eigenvalue weighted by atomic mass is 79.9. The fourth-order valence-corrected chi connectivity index (χ4v) is 2.46. The Labute approximate surface area is 111 Å². The summed E-state index contributed by atoms with van der Waals surface area (Å²) in [5.41, 5.74) is 1.09. The van der Waals surface area contributed by atoms with E-state index in [-0.39, 0.29) is 18.0 Å². The number of aromatic nitrogens is 1. The van der Waals surface area contributed by atoms with Crippen molar-refractivity contribution in [3.8, 4) is 0 Å². The molecule has 0 unspecified atom stereocenters. The van der Waals surface area contributed by atoms with Gasteiger partial charge >= 0.3 is 0 Å². The topological polar surface area (TPSA) is 30.0 Å². The Morgan fingerprint density at radius 1 is 1.53 bits per heavy atom. The highest BCUT2D eigenvalue weighted by molar-refractivity contribution is 9.10. The van der Waals surface area contributed by atoms with Crippen LogP contribution < -0.4 is 0 Å². The molecule has 0 fully saturated rings. The molecule has 5 heteroatoms. The number of nitrogens with zero attached hydrogens (tertiary/aromatic N) is 1. The number of carbonyl (C=O) groups excluding carboxylic acids is 1. The molecule has 1 aromatic heterocycles. The van der Waals surface area contributed by atoms with E-state index in [1.807, 2.05) is 6.92 Å². The van der Waals surface area contributed by atoms with Gasteiger partial charge in [0.15, 0.2) is 5.78 Å². The second-order valence-electron chi connectivity index (χ2n) is 3.56. The van der Waals surface area contributed by atoms with Crippen molar-refractivity contribution in [2.75, 3.05) is 0 Å². The van der Waals surface area contributed by atoms with E-state index in [1.165, 1.54) is 17.4 Å². The zero-order chi connectivity index (χ0) is 12.4. The number of thiazole rings is 1. The normalized spacial score (nSPS) is 10.5. The largest absolute Gasteiger partial charge is 0.292 e. The molecule has 0 aliphatic heterocycles. The first-order valence-electron chi connectivity index (χ1n) is 4.96. The minimum absolute atomic E-state index is 0.0966. The quantitative estimate of drug-likeness (QED) is 0.807. The summed E-state index contributed by atoms with van der Waals surface area (Å²) in [6.45, 7) is 1.85. The number of benzene rings is 1. The zero-order valence-corrected chi connectivity index (χ0v) is 11.4. The highest BCUT2D eigenvalue weighted by Gasteiger charge is 2.13. The van der Waals surface area contributed by atoms with Crippen LogP contribution in [0.5, 0.6) is 0 Å². The van der Waals surface area contributed by atoms with E-state index in [4.69, 9.17) is 0 Å². The number of carbonyl (C=O) groups is 1. The molecule has 0 N–H and O–H groups in total. The first-order valence-corrected chi connectivity index (χ1v) is 6.63. The molecule has 2 nitrogen and oxygen atoms in total. The van der Waals surface area contributed by atoms with E-state index in [0.717, 1.165) is 5.01 Å². The third-order valence-electron chi connectivity index (χ3n) is 2.29. The maximum Gasteiger partial charge on any atom is 0.186 e. The van der Waals surface area contributed by atoms with Crippen LogP contribution in [0.25, 0.3) is 0 Å². The van der Waals surface area contributed by atoms with Crippen LogP contribution in [0.1, 0.15) is 21.1 Å². The standard InChI is InChI=1S/C12H9BrFNOS/c1-7-15-10(6-17-7)11(16)5-8-3-2-4-9(14)12(8)13/h2-4,6H,5H2,1H3. The molecule has 0 spiro atoms. The summed E-state index contributed by atoms with van der Waals surface area (Å²) in [7, 11) is 0. The molecule has 17 heavy (non-hydrogen) atoms. The van der Waals surface area contributed by atoms with Crippen molar-refractivity contribution in [3.63, 3.8) is 0 Å². The Bertz CT molecular complexity index is 567. The summed E-state index contributed by atoms with van der Waals surface area (Å²) in [5.74, 6) is -0.453. The second-order valence-corrected chi connectivity index (χ2v) is 5.42. The lowest BCUT2D eigenvalue weighted by Gasteiger charge is -2.03. The monoisotopic (exact) mass is 313 g/mol. The van der Waals surface area contributed by atoms with E-state index >= 15 is 0 Å². The number of ketones is 1. The van der Waals surface area contributed by atoms with Crippen molar-refractivity contribution in [1.82, 2.24) is 4.98 Å². The Hall–Kier alpha value is -1.07. The fourth-order valence-electron chi connectivity index (χ4n) is 1.44. The minimum atomic E-state index is -0.357. The van der Waals surface area contributed by atoms with E-state index < -0.39 is 0 Å². The molecule has 2 aromatic rings. The molecule has 0 radical (unpaired) electrons. The van der Waals surface area contributed by atoms with E-state index in [1.54, 1.807) is 17.5 Å². The van der Waals surface area contributed by atoms with Crippen molar-refractivity contribution in [2.45, 2.75) is 13.3 Å². The Kier molecular flexibility index (Phi) is 3.69. The van der Waals surface area contributed by atoms with Gasteiger partial charge in [0.25, 0.3) is 0 Å². The first kappa shape index (κ1) is 12.4. The van der Waals surface area contributed by atoms with Crippen LogP contribution in [0.15, 0.2) is 28.1 Å². The molecule has 0 saturated carbocycles. The van der Waals surface area contributed by atoms with Crippen LogP contribution in [0.3, 0.4) is 0 Å². The molecule has 0 atom stereocenters. The van der Waals surface area contributed by atoms with Crippen molar-refractivity contribution in [1.29, 1.82) is 0 Å². The number of halogens is 2. The van der Waals surface area contributed by atoms with Crippen molar-refractivity contribution in [3.05, 3.63) is 50.1 Å². The maximum atomic E-state index is 13.3. The van der Waals surface area contributed by atoms with Gasteiger partial charge in [-0.05, 0) is 34.5 Å². The number of hydrogen-bond acceptors (Lipinski definition) is 3. The molecular formula is C12H9BrFNOS. The fraction of sp³-hybridized carbons (Fsp3) is 0.167. The summed E-state index contributed by atoms with van der Waals surface area (Å²) < 4.78 is 13.6. The summed E-state index contributed by atoms with van der Waals surface area (Å²) in [6.07, 6.45) is 0.154. The summed E-state index contributed by atoms with van der Waals surface area (Å²) in [6, 6.07) is 4.67. The number of aryl methyl sites for hydroxylation is 1. The predicted octanol–water partition coefficient (Wildman–Crippen LogP) is 3.78. The third-order valence-corrected chi connectivity index (χ3v) is 3.95. The summed E-state index contributed by atoms with van der Waals surface area (Å²) in [5, 5.41) is 2.58. The third kappa shape index (κ3) is 2.79. The van der Waals surface area contributed by atoms with Gasteiger partial charge in [-0.15, -0.1) is 11.3 Å². The van der Waals surface area contributed by atoms with Gasteiger partial charge in [0.2, 0.25) is 0 Å². The molecule has 0 aliphatic rings. The van der Waals surface area contributed by atoms with Gasteiger partial charge in [-0.25, -0.2) is 9.37 Å². The molecular weight excluding hydrogens is 305 g/mol. The molecule has 2 rings (SSSR count). The molecule has 1 aromatic carbocycles. The van der Waals surface area contributed by atoms with E-state index in [0.29, 0.717) is 15.7 Å². The average Bonchev–Trinajstić information content (AvgIpc) is 2.72. The van der Waals surface area contributed by atoms with Gasteiger partial charge in [0.05, 0.1) is 9.48 Å². The molecule has 1 heterocycles. The molecule has 0 bridgehead atoms. The van der Waals surface area contributed by atoms with Gasteiger partial charge in [0.1, 0.15) is 11.5 Å². The van der Waals surface area contributed by atoms with Crippen molar-refractivity contribution < 1.29 is 9.18 Å². The van der Waals surface area contributed by atoms with Crippen LogP contribution in [0.4, 0.5) is 4.39 Å². The average molecular weight is 314 g/mol. The van der Waals surface area contributed by atoms with Crippen molar-refractivity contribution in [2.24, 2.45) is 0 Å². The molecule has 0 aliphatic carbocycles.